The smallest absolute Gasteiger partial charge is 0.328 e. The molecule has 103 valence electrons. The summed E-state index contributed by atoms with van der Waals surface area (Å²) < 4.78 is 10.0. The number of hydrogen-bond donors (Lipinski definition) is 1. The molecule has 1 rings (SSSR count). The number of aryl methyl sites for hydroxylation is 1. The minimum absolute atomic E-state index is 0. The second-order valence-electron chi connectivity index (χ2n) is 4.16. The van der Waals surface area contributed by atoms with Crippen LogP contribution in [0.2, 0.25) is 0 Å². The number of benzene rings is 1. The van der Waals surface area contributed by atoms with E-state index >= 15 is 0 Å². The SMILES string of the molecule is CNC(CCc1cc[c-]cc1)(COC)C(=O)OC.[Y]. The van der Waals surface area contributed by atoms with E-state index in [1.807, 2.05) is 24.3 Å². The summed E-state index contributed by atoms with van der Waals surface area (Å²) in [7, 11) is 4.71. The van der Waals surface area contributed by atoms with E-state index < -0.39 is 5.54 Å². The molecule has 0 aliphatic carbocycles. The quantitative estimate of drug-likeness (QED) is 0.599. The fraction of sp³-hybridized carbons (Fsp3) is 0.500. The van der Waals surface area contributed by atoms with Crippen molar-refractivity contribution < 1.29 is 47.0 Å². The molecule has 0 aromatic heterocycles. The fourth-order valence-corrected chi connectivity index (χ4v) is 1.92. The summed E-state index contributed by atoms with van der Waals surface area (Å²) in [6.45, 7) is 0.287. The number of nitrogens with one attached hydrogen (secondary N) is 1. The Morgan fingerprint density at radius 3 is 2.47 bits per heavy atom. The second-order valence-corrected chi connectivity index (χ2v) is 4.16. The van der Waals surface area contributed by atoms with Gasteiger partial charge < -0.3 is 14.8 Å². The monoisotopic (exact) mass is 339 g/mol. The molecule has 0 amide bonds. The standard InChI is InChI=1S/C14H20NO3.Y/c1-15-14(11-17-2,13(16)18-3)10-9-12-7-5-4-6-8-12;/h5-8,15H,9-11H2,1-3H3;/q-1;. The molecular formula is C14H20NO3Y-. The van der Waals surface area contributed by atoms with E-state index in [1.54, 1.807) is 14.2 Å². The molecule has 1 unspecified atom stereocenters. The molecule has 0 aliphatic rings. The van der Waals surface area contributed by atoms with Gasteiger partial charge in [0.2, 0.25) is 0 Å². The molecule has 1 aromatic rings. The molecule has 0 spiro atoms. The van der Waals surface area contributed by atoms with Crippen LogP contribution in [0.15, 0.2) is 24.3 Å². The third-order valence-electron chi connectivity index (χ3n) is 3.07. The van der Waals surface area contributed by atoms with E-state index in [2.05, 4.69) is 11.4 Å². The van der Waals surface area contributed by atoms with Crippen LogP contribution in [0.25, 0.3) is 0 Å². The zero-order valence-electron chi connectivity index (χ0n) is 11.7. The first-order valence-corrected chi connectivity index (χ1v) is 5.90. The first-order valence-electron chi connectivity index (χ1n) is 5.90. The summed E-state index contributed by atoms with van der Waals surface area (Å²) in [6.07, 6.45) is 1.39. The normalized spacial score (nSPS) is 13.2. The summed E-state index contributed by atoms with van der Waals surface area (Å²) >= 11 is 0. The Kier molecular flexibility index (Phi) is 9.45. The zero-order chi connectivity index (χ0) is 13.4. The molecular weight excluding hydrogens is 319 g/mol. The van der Waals surface area contributed by atoms with Crippen LogP contribution in [0.5, 0.6) is 0 Å². The molecule has 1 aromatic carbocycles. The van der Waals surface area contributed by atoms with E-state index in [4.69, 9.17) is 9.47 Å². The summed E-state index contributed by atoms with van der Waals surface area (Å²) in [4.78, 5) is 11.9. The maximum Gasteiger partial charge on any atom is 0.328 e. The van der Waals surface area contributed by atoms with Crippen molar-refractivity contribution in [3.05, 3.63) is 35.9 Å². The van der Waals surface area contributed by atoms with Crippen LogP contribution >= 0.6 is 0 Å². The van der Waals surface area contributed by atoms with Gasteiger partial charge in [0.25, 0.3) is 0 Å². The third-order valence-corrected chi connectivity index (χ3v) is 3.07. The molecule has 5 heteroatoms. The van der Waals surface area contributed by atoms with Crippen LogP contribution in [-0.4, -0.2) is 39.4 Å². The average Bonchev–Trinajstić information content (AvgIpc) is 2.44. The van der Waals surface area contributed by atoms with Crippen molar-refractivity contribution in [2.24, 2.45) is 0 Å². The molecule has 0 saturated heterocycles. The summed E-state index contributed by atoms with van der Waals surface area (Å²) in [6, 6.07) is 10.7. The van der Waals surface area contributed by atoms with Crippen LogP contribution < -0.4 is 5.32 Å². The van der Waals surface area contributed by atoms with Gasteiger partial charge in [-0.25, -0.2) is 4.79 Å². The number of ether oxygens (including phenoxy) is 2. The van der Waals surface area contributed by atoms with Gasteiger partial charge in [-0.1, -0.05) is 0 Å². The average molecular weight is 339 g/mol. The van der Waals surface area contributed by atoms with Crippen molar-refractivity contribution >= 4 is 5.97 Å². The van der Waals surface area contributed by atoms with Gasteiger partial charge >= 0.3 is 5.97 Å². The van der Waals surface area contributed by atoms with E-state index in [-0.39, 0.29) is 45.3 Å². The molecule has 0 fully saturated rings. The molecule has 4 nitrogen and oxygen atoms in total. The van der Waals surface area contributed by atoms with Crippen molar-refractivity contribution in [3.63, 3.8) is 0 Å². The van der Waals surface area contributed by atoms with Gasteiger partial charge in [0.1, 0.15) is 5.54 Å². The number of carbonyl (C=O) groups excluding carboxylic acids is 1. The van der Waals surface area contributed by atoms with E-state index in [0.717, 1.165) is 12.0 Å². The summed E-state index contributed by atoms with van der Waals surface area (Å²) in [5, 5.41) is 3.03. The van der Waals surface area contributed by atoms with Gasteiger partial charge in [0.05, 0.1) is 13.7 Å². The molecule has 0 saturated carbocycles. The van der Waals surface area contributed by atoms with Gasteiger partial charge in [-0.05, 0) is 19.9 Å². The number of esters is 1. The van der Waals surface area contributed by atoms with Crippen molar-refractivity contribution in [1.82, 2.24) is 5.32 Å². The van der Waals surface area contributed by atoms with Crippen molar-refractivity contribution in [2.45, 2.75) is 18.4 Å². The Balaban J connectivity index is 0.00000324. The molecule has 1 N–H and O–H groups in total. The number of hydrogen-bond acceptors (Lipinski definition) is 4. The van der Waals surface area contributed by atoms with Crippen LogP contribution in [0, 0.1) is 6.07 Å². The maximum atomic E-state index is 11.9. The number of carbonyl (C=O) groups is 1. The van der Waals surface area contributed by atoms with Crippen LogP contribution in [0.4, 0.5) is 0 Å². The first kappa shape index (κ1) is 18.7. The molecule has 19 heavy (non-hydrogen) atoms. The number of methoxy groups -OCH3 is 2. The zero-order valence-corrected chi connectivity index (χ0v) is 14.6. The van der Waals surface area contributed by atoms with Gasteiger partial charge in [-0.15, -0.1) is 0 Å². The van der Waals surface area contributed by atoms with Crippen molar-refractivity contribution in [1.29, 1.82) is 0 Å². The molecule has 0 bridgehead atoms. The Morgan fingerprint density at radius 2 is 2.00 bits per heavy atom. The van der Waals surface area contributed by atoms with Crippen molar-refractivity contribution in [3.8, 4) is 0 Å². The van der Waals surface area contributed by atoms with E-state index in [0.29, 0.717) is 6.42 Å². The Labute approximate surface area is 140 Å². The molecule has 0 aliphatic heterocycles. The summed E-state index contributed by atoms with van der Waals surface area (Å²) in [5.41, 5.74) is 0.372. The van der Waals surface area contributed by atoms with Gasteiger partial charge in [0.15, 0.2) is 0 Å². The van der Waals surface area contributed by atoms with Crippen LogP contribution in [0.3, 0.4) is 0 Å². The predicted octanol–water partition coefficient (Wildman–Crippen LogP) is 1.19. The Hall–Kier alpha value is -0.286. The van der Waals surface area contributed by atoms with Crippen LogP contribution in [0.1, 0.15) is 12.0 Å². The van der Waals surface area contributed by atoms with Crippen LogP contribution in [-0.2, 0) is 53.4 Å². The largest absolute Gasteiger partial charge is 0.468 e. The minimum atomic E-state index is -0.789. The Bertz CT molecular complexity index is 372. The molecule has 0 heterocycles. The van der Waals surface area contributed by atoms with Gasteiger partial charge in [0, 0.05) is 39.8 Å². The van der Waals surface area contributed by atoms with Crippen molar-refractivity contribution in [2.75, 3.05) is 27.9 Å². The third kappa shape index (κ3) is 5.31. The summed E-state index contributed by atoms with van der Waals surface area (Å²) in [5.74, 6) is -0.297. The van der Waals surface area contributed by atoms with Gasteiger partial charge in [-0.2, -0.15) is 35.9 Å². The Morgan fingerprint density at radius 1 is 1.37 bits per heavy atom. The number of likely N-dealkylation sites (N-methyl/N-ethyl adjacent to an activating group) is 1. The first-order chi connectivity index (χ1) is 8.68. The maximum absolute atomic E-state index is 11.9. The number of rotatable bonds is 7. The molecule has 1 atom stereocenters. The second kappa shape index (κ2) is 9.59. The van der Waals surface area contributed by atoms with E-state index in [9.17, 15) is 4.79 Å². The topological polar surface area (TPSA) is 47.6 Å². The predicted molar refractivity (Wildman–Crippen MR) is 69.3 cm³/mol. The fourth-order valence-electron chi connectivity index (χ4n) is 1.92. The van der Waals surface area contributed by atoms with E-state index in [1.165, 1.54) is 7.11 Å². The van der Waals surface area contributed by atoms with Gasteiger partial charge in [-0.3, -0.25) is 0 Å². The minimum Gasteiger partial charge on any atom is -0.468 e. The molecule has 1 radical (unpaired) electrons.